The third-order valence-corrected chi connectivity index (χ3v) is 2.22. The monoisotopic (exact) mass is 237 g/mol. The molecule has 1 rings (SSSR count). The largest absolute Gasteiger partial charge is 0.324 e. The van der Waals surface area contributed by atoms with E-state index in [2.05, 4.69) is 10.6 Å². The molecule has 0 aliphatic heterocycles. The third-order valence-electron chi connectivity index (χ3n) is 1.91. The van der Waals surface area contributed by atoms with Crippen LogP contribution in [-0.2, 0) is 4.79 Å². The summed E-state index contributed by atoms with van der Waals surface area (Å²) in [5.74, 6) is -0.159. The normalized spacial score (nSPS) is 9.56. The first-order valence-corrected chi connectivity index (χ1v) is 5.25. The second-order valence-corrected chi connectivity index (χ2v) is 3.54. The zero-order valence-corrected chi connectivity index (χ0v) is 9.64. The zero-order chi connectivity index (χ0) is 12.0. The summed E-state index contributed by atoms with van der Waals surface area (Å²) in [4.78, 5) is 11.4. The molecule has 0 aliphatic rings. The van der Waals surface area contributed by atoms with Gasteiger partial charge in [0.2, 0.25) is 5.91 Å². The van der Waals surface area contributed by atoms with Crippen LogP contribution >= 0.6 is 11.6 Å². The molecule has 0 saturated carbocycles. The van der Waals surface area contributed by atoms with Crippen molar-refractivity contribution < 1.29 is 4.79 Å². The average molecular weight is 238 g/mol. The Kier molecular flexibility index (Phi) is 4.77. The lowest BCUT2D eigenvalue weighted by Crippen LogP contribution is -2.27. The van der Waals surface area contributed by atoms with Gasteiger partial charge in [0, 0.05) is 0 Å². The van der Waals surface area contributed by atoms with E-state index in [0.29, 0.717) is 16.3 Å². The summed E-state index contributed by atoms with van der Waals surface area (Å²) >= 11 is 5.90. The van der Waals surface area contributed by atoms with Gasteiger partial charge in [-0.1, -0.05) is 18.5 Å². The Labute approximate surface area is 99.2 Å². The van der Waals surface area contributed by atoms with Gasteiger partial charge in [-0.3, -0.25) is 4.79 Å². The fraction of sp³-hybridized carbons (Fsp3) is 0.273. The Morgan fingerprint density at radius 2 is 2.31 bits per heavy atom. The number of benzene rings is 1. The topological polar surface area (TPSA) is 64.9 Å². The van der Waals surface area contributed by atoms with Gasteiger partial charge in [0.15, 0.2) is 0 Å². The molecule has 4 nitrogen and oxygen atoms in total. The van der Waals surface area contributed by atoms with Crippen molar-refractivity contribution in [3.05, 3.63) is 28.8 Å². The number of carbonyl (C=O) groups is 1. The number of nitrogens with zero attached hydrogens (tertiary/aromatic N) is 1. The highest BCUT2D eigenvalue weighted by atomic mass is 35.5. The molecule has 1 aromatic rings. The minimum absolute atomic E-state index is 0.159. The van der Waals surface area contributed by atoms with Crippen LogP contribution in [0.2, 0.25) is 5.02 Å². The summed E-state index contributed by atoms with van der Waals surface area (Å²) in [5.41, 5.74) is 0.984. The number of hydrogen-bond acceptors (Lipinski definition) is 3. The van der Waals surface area contributed by atoms with Gasteiger partial charge >= 0.3 is 0 Å². The van der Waals surface area contributed by atoms with Crippen LogP contribution < -0.4 is 10.6 Å². The molecule has 0 bridgehead atoms. The molecule has 0 atom stereocenters. The summed E-state index contributed by atoms with van der Waals surface area (Å²) in [5, 5.41) is 14.6. The predicted octanol–water partition coefficient (Wildman–Crippen LogP) is 1.76. The Morgan fingerprint density at radius 1 is 1.56 bits per heavy atom. The Bertz CT molecular complexity index is 426. The van der Waals surface area contributed by atoms with Crippen LogP contribution in [0.15, 0.2) is 18.2 Å². The van der Waals surface area contributed by atoms with Gasteiger partial charge in [-0.25, -0.2) is 0 Å². The summed E-state index contributed by atoms with van der Waals surface area (Å²) in [6.07, 6.45) is 0. The van der Waals surface area contributed by atoms with Gasteiger partial charge in [0.05, 0.1) is 28.9 Å². The summed E-state index contributed by atoms with van der Waals surface area (Å²) in [6.45, 7) is 2.89. The Balaban J connectivity index is 2.68. The first-order chi connectivity index (χ1) is 7.67. The second kappa shape index (κ2) is 6.11. The van der Waals surface area contributed by atoms with Crippen molar-refractivity contribution in [2.75, 3.05) is 18.4 Å². The predicted molar refractivity (Wildman–Crippen MR) is 63.3 cm³/mol. The molecule has 1 amide bonds. The lowest BCUT2D eigenvalue weighted by atomic mass is 10.2. The number of rotatable bonds is 4. The molecule has 0 spiro atoms. The number of carbonyl (C=O) groups excluding carboxylic acids is 1. The van der Waals surface area contributed by atoms with E-state index in [-0.39, 0.29) is 12.5 Å². The number of likely N-dealkylation sites (N-methyl/N-ethyl adjacent to an activating group) is 1. The molecule has 0 fully saturated rings. The number of nitriles is 1. The summed E-state index contributed by atoms with van der Waals surface area (Å²) < 4.78 is 0. The molecular weight excluding hydrogens is 226 g/mol. The molecule has 0 aromatic heterocycles. The van der Waals surface area contributed by atoms with Gasteiger partial charge in [-0.05, 0) is 24.7 Å². The first-order valence-electron chi connectivity index (χ1n) is 4.87. The van der Waals surface area contributed by atoms with E-state index < -0.39 is 0 Å². The zero-order valence-electron chi connectivity index (χ0n) is 8.88. The van der Waals surface area contributed by atoms with Crippen molar-refractivity contribution in [2.45, 2.75) is 6.92 Å². The van der Waals surface area contributed by atoms with E-state index in [0.717, 1.165) is 6.54 Å². The Hall–Kier alpha value is -1.57. The van der Waals surface area contributed by atoms with E-state index in [9.17, 15) is 4.79 Å². The Morgan fingerprint density at radius 3 is 2.88 bits per heavy atom. The molecule has 0 saturated heterocycles. The molecule has 1 aromatic carbocycles. The van der Waals surface area contributed by atoms with Crippen LogP contribution in [0.1, 0.15) is 12.5 Å². The van der Waals surface area contributed by atoms with Crippen molar-refractivity contribution in [3.63, 3.8) is 0 Å². The first kappa shape index (κ1) is 12.5. The number of nitrogens with one attached hydrogen (secondary N) is 2. The molecular formula is C11H12ClN3O. The van der Waals surface area contributed by atoms with Crippen LogP contribution in [0.3, 0.4) is 0 Å². The molecule has 2 N–H and O–H groups in total. The molecule has 0 unspecified atom stereocenters. The lowest BCUT2D eigenvalue weighted by molar-refractivity contribution is -0.115. The number of anilines is 1. The van der Waals surface area contributed by atoms with E-state index in [1.165, 1.54) is 6.07 Å². The fourth-order valence-electron chi connectivity index (χ4n) is 1.12. The third kappa shape index (κ3) is 3.54. The maximum absolute atomic E-state index is 11.4. The highest BCUT2D eigenvalue weighted by molar-refractivity contribution is 6.33. The van der Waals surface area contributed by atoms with E-state index in [1.54, 1.807) is 12.1 Å². The summed E-state index contributed by atoms with van der Waals surface area (Å²) in [7, 11) is 0. The van der Waals surface area contributed by atoms with Crippen molar-refractivity contribution >= 4 is 23.2 Å². The quantitative estimate of drug-likeness (QED) is 0.839. The molecule has 0 heterocycles. The SMILES string of the molecule is CCNCC(=O)Nc1ccc(C#N)cc1Cl. The average Bonchev–Trinajstić information content (AvgIpc) is 2.29. The minimum atomic E-state index is -0.159. The lowest BCUT2D eigenvalue weighted by Gasteiger charge is -2.07. The van der Waals surface area contributed by atoms with Crippen LogP contribution in [0.25, 0.3) is 0 Å². The number of hydrogen-bond donors (Lipinski definition) is 2. The maximum atomic E-state index is 11.4. The number of amides is 1. The van der Waals surface area contributed by atoms with Crippen LogP contribution in [0.4, 0.5) is 5.69 Å². The van der Waals surface area contributed by atoms with E-state index in [1.807, 2.05) is 13.0 Å². The van der Waals surface area contributed by atoms with Gasteiger partial charge in [0.1, 0.15) is 0 Å². The molecule has 16 heavy (non-hydrogen) atoms. The van der Waals surface area contributed by atoms with Crippen molar-refractivity contribution in [1.82, 2.24) is 5.32 Å². The van der Waals surface area contributed by atoms with Crippen molar-refractivity contribution in [2.24, 2.45) is 0 Å². The molecule has 0 radical (unpaired) electrons. The van der Waals surface area contributed by atoms with Gasteiger partial charge in [-0.2, -0.15) is 5.26 Å². The molecule has 0 aliphatic carbocycles. The van der Waals surface area contributed by atoms with Gasteiger partial charge < -0.3 is 10.6 Å². The van der Waals surface area contributed by atoms with E-state index in [4.69, 9.17) is 16.9 Å². The van der Waals surface area contributed by atoms with Gasteiger partial charge in [0.25, 0.3) is 0 Å². The van der Waals surface area contributed by atoms with Crippen LogP contribution in [0, 0.1) is 11.3 Å². The smallest absolute Gasteiger partial charge is 0.238 e. The highest BCUT2D eigenvalue weighted by Gasteiger charge is 2.05. The van der Waals surface area contributed by atoms with Crippen molar-refractivity contribution in [1.29, 1.82) is 5.26 Å². The highest BCUT2D eigenvalue weighted by Crippen LogP contribution is 2.22. The fourth-order valence-corrected chi connectivity index (χ4v) is 1.35. The van der Waals surface area contributed by atoms with E-state index >= 15 is 0 Å². The molecule has 5 heteroatoms. The van der Waals surface area contributed by atoms with Gasteiger partial charge in [-0.15, -0.1) is 0 Å². The minimum Gasteiger partial charge on any atom is -0.324 e. The molecule has 84 valence electrons. The van der Waals surface area contributed by atoms with Crippen LogP contribution in [0.5, 0.6) is 0 Å². The standard InChI is InChI=1S/C11H12ClN3O/c1-2-14-7-11(16)15-10-4-3-8(6-13)5-9(10)12/h3-5,14H,2,7H2,1H3,(H,15,16). The summed E-state index contributed by atoms with van der Waals surface area (Å²) in [6, 6.07) is 6.71. The maximum Gasteiger partial charge on any atom is 0.238 e. The number of halogens is 1. The van der Waals surface area contributed by atoms with Crippen LogP contribution in [-0.4, -0.2) is 19.0 Å². The second-order valence-electron chi connectivity index (χ2n) is 3.13. The van der Waals surface area contributed by atoms with Crippen molar-refractivity contribution in [3.8, 4) is 6.07 Å².